The number of carbonyl (C=O) groups is 1. The highest BCUT2D eigenvalue weighted by Crippen LogP contribution is 2.24. The Morgan fingerprint density at radius 2 is 1.77 bits per heavy atom. The molecule has 1 saturated heterocycles. The van der Waals surface area contributed by atoms with Gasteiger partial charge in [-0.3, -0.25) is 4.79 Å². The van der Waals surface area contributed by atoms with Gasteiger partial charge in [-0.25, -0.2) is 4.68 Å². The van der Waals surface area contributed by atoms with Gasteiger partial charge in [0.1, 0.15) is 0 Å². The average molecular weight is 420 g/mol. The molecule has 1 aromatic carbocycles. The fraction of sp³-hybridized carbons (Fsp3) is 0.391. The van der Waals surface area contributed by atoms with Gasteiger partial charge in [0, 0.05) is 44.3 Å². The van der Waals surface area contributed by atoms with Gasteiger partial charge in [0.25, 0.3) is 0 Å². The number of nitrogens with zero attached hydrogens (tertiary/aromatic N) is 6. The maximum atomic E-state index is 12.8. The van der Waals surface area contributed by atoms with E-state index in [2.05, 4.69) is 25.5 Å². The van der Waals surface area contributed by atoms with Gasteiger partial charge in [-0.05, 0) is 69.2 Å². The monoisotopic (exact) mass is 419 g/mol. The fourth-order valence-corrected chi connectivity index (χ4v) is 3.95. The van der Waals surface area contributed by atoms with Gasteiger partial charge in [-0.2, -0.15) is 5.10 Å². The lowest BCUT2D eigenvalue weighted by Crippen LogP contribution is -2.41. The normalized spacial score (nSPS) is 16.3. The molecule has 0 aliphatic carbocycles. The van der Waals surface area contributed by atoms with Crippen molar-refractivity contribution in [2.24, 2.45) is 5.92 Å². The highest BCUT2D eigenvalue weighted by atomic mass is 16.1. The first-order valence-corrected chi connectivity index (χ1v) is 10.6. The SMILES string of the molecule is Cc1cc(C)n(-c2ccc(N3CCCC(C(=O)Nc4ccc(N(C)C)cc4)C3)nn2)n1. The van der Waals surface area contributed by atoms with E-state index in [-0.39, 0.29) is 11.8 Å². The summed E-state index contributed by atoms with van der Waals surface area (Å²) in [4.78, 5) is 17.0. The van der Waals surface area contributed by atoms with Crippen LogP contribution < -0.4 is 15.1 Å². The van der Waals surface area contributed by atoms with Crippen molar-refractivity contribution in [2.75, 3.05) is 42.3 Å². The molecule has 162 valence electrons. The van der Waals surface area contributed by atoms with Crippen LogP contribution in [-0.4, -0.2) is 53.1 Å². The molecule has 1 N–H and O–H groups in total. The Morgan fingerprint density at radius 3 is 2.39 bits per heavy atom. The molecule has 3 heterocycles. The minimum absolute atomic E-state index is 0.0505. The van der Waals surface area contributed by atoms with Crippen LogP contribution in [0.3, 0.4) is 0 Å². The fourth-order valence-electron chi connectivity index (χ4n) is 3.95. The quantitative estimate of drug-likeness (QED) is 0.684. The van der Waals surface area contributed by atoms with Crippen molar-refractivity contribution in [3.05, 3.63) is 53.9 Å². The lowest BCUT2D eigenvalue weighted by molar-refractivity contribution is -0.120. The summed E-state index contributed by atoms with van der Waals surface area (Å²) in [5.41, 5.74) is 3.89. The van der Waals surface area contributed by atoms with Crippen LogP contribution in [0.4, 0.5) is 17.2 Å². The lowest BCUT2D eigenvalue weighted by atomic mass is 9.97. The highest BCUT2D eigenvalue weighted by molar-refractivity contribution is 5.93. The molecule has 8 nitrogen and oxygen atoms in total. The minimum Gasteiger partial charge on any atom is -0.378 e. The van der Waals surface area contributed by atoms with Crippen molar-refractivity contribution >= 4 is 23.1 Å². The predicted octanol–water partition coefficient (Wildman–Crippen LogP) is 3.20. The topological polar surface area (TPSA) is 79.2 Å². The molecule has 0 bridgehead atoms. The van der Waals surface area contributed by atoms with E-state index in [9.17, 15) is 4.79 Å². The molecule has 2 aromatic heterocycles. The van der Waals surface area contributed by atoms with E-state index in [4.69, 9.17) is 0 Å². The maximum Gasteiger partial charge on any atom is 0.229 e. The van der Waals surface area contributed by atoms with Gasteiger partial charge in [0.2, 0.25) is 5.91 Å². The van der Waals surface area contributed by atoms with Crippen molar-refractivity contribution in [3.63, 3.8) is 0 Å². The molecule has 1 atom stereocenters. The number of anilines is 3. The second kappa shape index (κ2) is 8.75. The Balaban J connectivity index is 1.41. The van der Waals surface area contributed by atoms with Crippen LogP contribution in [0.25, 0.3) is 5.82 Å². The Labute approximate surface area is 182 Å². The second-order valence-electron chi connectivity index (χ2n) is 8.30. The molecule has 0 spiro atoms. The second-order valence-corrected chi connectivity index (χ2v) is 8.30. The van der Waals surface area contributed by atoms with Crippen LogP contribution in [-0.2, 0) is 4.79 Å². The molecule has 4 rings (SSSR count). The first kappa shape index (κ1) is 20.8. The van der Waals surface area contributed by atoms with E-state index < -0.39 is 0 Å². The molecule has 8 heteroatoms. The Hall–Kier alpha value is -3.42. The van der Waals surface area contributed by atoms with Crippen LogP contribution in [0.2, 0.25) is 0 Å². The number of hydrogen-bond acceptors (Lipinski definition) is 6. The first-order chi connectivity index (χ1) is 14.9. The van der Waals surface area contributed by atoms with Crippen molar-refractivity contribution in [3.8, 4) is 5.82 Å². The van der Waals surface area contributed by atoms with Gasteiger partial charge in [0.15, 0.2) is 11.6 Å². The summed E-state index contributed by atoms with van der Waals surface area (Å²) < 4.78 is 1.79. The molecule has 1 amide bonds. The average Bonchev–Trinajstić information content (AvgIpc) is 3.12. The third-order valence-corrected chi connectivity index (χ3v) is 5.63. The molecule has 1 fully saturated rings. The van der Waals surface area contributed by atoms with Crippen molar-refractivity contribution in [1.29, 1.82) is 0 Å². The number of aryl methyl sites for hydroxylation is 2. The summed E-state index contributed by atoms with van der Waals surface area (Å²) in [6, 6.07) is 13.8. The summed E-state index contributed by atoms with van der Waals surface area (Å²) in [6.45, 7) is 5.46. The van der Waals surface area contributed by atoms with Crippen LogP contribution in [0.5, 0.6) is 0 Å². The minimum atomic E-state index is -0.0836. The van der Waals surface area contributed by atoms with Crippen molar-refractivity contribution in [2.45, 2.75) is 26.7 Å². The number of carbonyl (C=O) groups excluding carboxylic acids is 1. The molecule has 0 saturated carbocycles. The van der Waals surface area contributed by atoms with Crippen LogP contribution in [0, 0.1) is 19.8 Å². The standard InChI is InChI=1S/C23H29N7O/c1-16-14-17(2)30(27-16)22-12-11-21(25-26-22)29-13-5-6-18(15-29)23(31)24-19-7-9-20(10-8-19)28(3)4/h7-12,14,18H,5-6,13,15H2,1-4H3,(H,24,31). The molecule has 1 aliphatic rings. The van der Waals surface area contributed by atoms with Crippen LogP contribution in [0.1, 0.15) is 24.2 Å². The number of piperidine rings is 1. The Bertz CT molecular complexity index is 1040. The molecular weight excluding hydrogens is 390 g/mol. The predicted molar refractivity (Wildman–Crippen MR) is 123 cm³/mol. The third kappa shape index (κ3) is 4.68. The summed E-state index contributed by atoms with van der Waals surface area (Å²) in [6.07, 6.45) is 1.81. The molecule has 1 unspecified atom stereocenters. The molecule has 31 heavy (non-hydrogen) atoms. The summed E-state index contributed by atoms with van der Waals surface area (Å²) in [5, 5.41) is 16.3. The highest BCUT2D eigenvalue weighted by Gasteiger charge is 2.27. The maximum absolute atomic E-state index is 12.8. The molecular formula is C23H29N7O. The van der Waals surface area contributed by atoms with E-state index in [0.29, 0.717) is 12.4 Å². The molecule has 0 radical (unpaired) electrons. The van der Waals surface area contributed by atoms with Crippen molar-refractivity contribution < 1.29 is 4.79 Å². The number of rotatable bonds is 5. The van der Waals surface area contributed by atoms with Gasteiger partial charge in [0.05, 0.1) is 11.6 Å². The first-order valence-electron chi connectivity index (χ1n) is 10.6. The van der Waals surface area contributed by atoms with Gasteiger partial charge in [-0.1, -0.05) is 0 Å². The van der Waals surface area contributed by atoms with E-state index in [0.717, 1.165) is 48.0 Å². The van der Waals surface area contributed by atoms with Gasteiger partial charge < -0.3 is 15.1 Å². The number of amides is 1. The number of aromatic nitrogens is 4. The Kier molecular flexibility index (Phi) is 5.88. The largest absolute Gasteiger partial charge is 0.378 e. The molecule has 1 aliphatic heterocycles. The lowest BCUT2D eigenvalue weighted by Gasteiger charge is -2.32. The smallest absolute Gasteiger partial charge is 0.229 e. The summed E-state index contributed by atoms with van der Waals surface area (Å²) >= 11 is 0. The van der Waals surface area contributed by atoms with E-state index >= 15 is 0 Å². The van der Waals surface area contributed by atoms with Crippen LogP contribution in [0.15, 0.2) is 42.5 Å². The summed E-state index contributed by atoms with van der Waals surface area (Å²) in [5.74, 6) is 1.45. The van der Waals surface area contributed by atoms with E-state index in [1.807, 2.05) is 75.3 Å². The van der Waals surface area contributed by atoms with Crippen molar-refractivity contribution in [1.82, 2.24) is 20.0 Å². The van der Waals surface area contributed by atoms with Gasteiger partial charge >= 0.3 is 0 Å². The van der Waals surface area contributed by atoms with Gasteiger partial charge in [-0.15, -0.1) is 10.2 Å². The van der Waals surface area contributed by atoms with E-state index in [1.165, 1.54) is 0 Å². The van der Waals surface area contributed by atoms with E-state index in [1.54, 1.807) is 4.68 Å². The number of benzene rings is 1. The number of nitrogens with one attached hydrogen (secondary N) is 1. The third-order valence-electron chi connectivity index (χ3n) is 5.63. The number of hydrogen-bond donors (Lipinski definition) is 1. The van der Waals surface area contributed by atoms with Crippen LogP contribution >= 0.6 is 0 Å². The molecule has 3 aromatic rings. The zero-order valence-electron chi connectivity index (χ0n) is 18.5. The zero-order valence-corrected chi connectivity index (χ0v) is 18.5. The Morgan fingerprint density at radius 1 is 1.06 bits per heavy atom. The summed E-state index contributed by atoms with van der Waals surface area (Å²) in [7, 11) is 3.99. The zero-order chi connectivity index (χ0) is 22.0.